The van der Waals surface area contributed by atoms with Gasteiger partial charge in [0.25, 0.3) is 11.8 Å². The second-order valence-corrected chi connectivity index (χ2v) is 6.97. The van der Waals surface area contributed by atoms with Gasteiger partial charge in [0.15, 0.2) is 18.9 Å². The van der Waals surface area contributed by atoms with E-state index in [1.165, 1.54) is 4.90 Å². The van der Waals surface area contributed by atoms with Gasteiger partial charge in [-0.05, 0) is 18.2 Å². The molecule has 0 aliphatic carbocycles. The summed E-state index contributed by atoms with van der Waals surface area (Å²) in [5.41, 5.74) is 1.23. The second kappa shape index (κ2) is 9.30. The number of anilines is 1. The average Bonchev–Trinajstić information content (AvgIpc) is 2.63. The molecule has 2 aromatic rings. The summed E-state index contributed by atoms with van der Waals surface area (Å²) in [5, 5.41) is 3.17. The fourth-order valence-electron chi connectivity index (χ4n) is 2.51. The summed E-state index contributed by atoms with van der Waals surface area (Å²) >= 11 is 6.04. The van der Waals surface area contributed by atoms with Gasteiger partial charge in [-0.15, -0.1) is 0 Å². The molecule has 2 amide bonds. The molecule has 0 bridgehead atoms. The Hall–Kier alpha value is -2.70. The normalized spacial score (nSPS) is 11.6. The molecule has 1 unspecified atom stereocenters. The summed E-state index contributed by atoms with van der Waals surface area (Å²) in [5.74, 6) is -0.577. The van der Waals surface area contributed by atoms with E-state index in [1.807, 2.05) is 6.07 Å². The van der Waals surface area contributed by atoms with Crippen LogP contribution in [-0.2, 0) is 9.59 Å². The third kappa shape index (κ3) is 5.91. The van der Waals surface area contributed by atoms with Crippen molar-refractivity contribution >= 4 is 34.9 Å². The molecule has 0 radical (unpaired) electrons. The lowest BCUT2D eigenvalue weighted by Gasteiger charge is -2.17. The minimum Gasteiger partial charge on any atom is -0.344 e. The van der Waals surface area contributed by atoms with E-state index < -0.39 is 0 Å². The molecule has 0 heterocycles. The molecule has 0 saturated heterocycles. The van der Waals surface area contributed by atoms with Gasteiger partial charge in [0.1, 0.15) is 0 Å². The number of nitrogens with one attached hydrogen (secondary N) is 2. The van der Waals surface area contributed by atoms with E-state index in [4.69, 9.17) is 11.6 Å². The lowest BCUT2D eigenvalue weighted by Crippen LogP contribution is -3.11. The quantitative estimate of drug-likeness (QED) is 0.698. The predicted octanol–water partition coefficient (Wildman–Crippen LogP) is 1.11. The molecule has 2 N–H and O–H groups in total. The van der Waals surface area contributed by atoms with Crippen molar-refractivity contribution in [3.8, 4) is 0 Å². The number of likely N-dealkylation sites (N-methyl/N-ethyl adjacent to an activating group) is 2. The van der Waals surface area contributed by atoms with Crippen molar-refractivity contribution in [2.24, 2.45) is 0 Å². The van der Waals surface area contributed by atoms with Gasteiger partial charge in [-0.25, -0.2) is 0 Å². The SMILES string of the molecule is CN(C)C(=O)C[NH+](C)CC(=O)Nc1ccc(Cl)cc1C(=O)c1ccccc1. The minimum atomic E-state index is -0.288. The Labute approximate surface area is 163 Å². The highest BCUT2D eigenvalue weighted by Crippen LogP contribution is 2.23. The molecule has 0 spiro atoms. The maximum absolute atomic E-state index is 12.8. The first-order chi connectivity index (χ1) is 12.8. The van der Waals surface area contributed by atoms with Gasteiger partial charge in [0.05, 0.1) is 12.7 Å². The van der Waals surface area contributed by atoms with Gasteiger partial charge >= 0.3 is 0 Å². The van der Waals surface area contributed by atoms with Gasteiger partial charge in [0, 0.05) is 30.2 Å². The van der Waals surface area contributed by atoms with Gasteiger partial charge < -0.3 is 15.1 Å². The van der Waals surface area contributed by atoms with Crippen LogP contribution in [0.3, 0.4) is 0 Å². The van der Waals surface area contributed by atoms with Crippen LogP contribution in [0.25, 0.3) is 0 Å². The minimum absolute atomic E-state index is 0.0632. The number of rotatable bonds is 7. The van der Waals surface area contributed by atoms with Crippen LogP contribution in [0.1, 0.15) is 15.9 Å². The lowest BCUT2D eigenvalue weighted by atomic mass is 10.0. The van der Waals surface area contributed by atoms with Gasteiger partial charge in [-0.3, -0.25) is 14.4 Å². The van der Waals surface area contributed by atoms with Crippen molar-refractivity contribution in [3.63, 3.8) is 0 Å². The van der Waals surface area contributed by atoms with Crippen LogP contribution in [-0.4, -0.2) is 56.7 Å². The number of nitrogens with zero attached hydrogens (tertiary/aromatic N) is 1. The predicted molar refractivity (Wildman–Crippen MR) is 105 cm³/mol. The molecule has 2 rings (SSSR count). The summed E-state index contributed by atoms with van der Waals surface area (Å²) in [6, 6.07) is 13.6. The van der Waals surface area contributed by atoms with Crippen LogP contribution < -0.4 is 10.2 Å². The van der Waals surface area contributed by atoms with Gasteiger partial charge in [0.2, 0.25) is 0 Å². The van der Waals surface area contributed by atoms with E-state index in [9.17, 15) is 14.4 Å². The van der Waals surface area contributed by atoms with Crippen LogP contribution in [0.15, 0.2) is 48.5 Å². The van der Waals surface area contributed by atoms with Crippen LogP contribution >= 0.6 is 11.6 Å². The zero-order valence-electron chi connectivity index (χ0n) is 15.6. The largest absolute Gasteiger partial charge is 0.344 e. The topological polar surface area (TPSA) is 70.9 Å². The zero-order valence-corrected chi connectivity index (χ0v) is 16.3. The van der Waals surface area contributed by atoms with Crippen molar-refractivity contribution in [2.45, 2.75) is 0 Å². The molecule has 7 heteroatoms. The molecule has 6 nitrogen and oxygen atoms in total. The highest BCUT2D eigenvalue weighted by molar-refractivity contribution is 6.31. The number of hydrogen-bond acceptors (Lipinski definition) is 3. The van der Waals surface area contributed by atoms with E-state index in [-0.39, 0.29) is 30.7 Å². The van der Waals surface area contributed by atoms with E-state index >= 15 is 0 Å². The average molecular weight is 389 g/mol. The number of hydrogen-bond donors (Lipinski definition) is 2. The molecule has 0 saturated carbocycles. The standard InChI is InChI=1S/C20H22ClN3O3/c1-23(2)19(26)13-24(3)12-18(25)22-17-10-9-15(21)11-16(17)20(27)14-7-5-4-6-8-14/h4-11H,12-13H2,1-3H3,(H,22,25)/p+1. The lowest BCUT2D eigenvalue weighted by molar-refractivity contribution is -0.862. The Morgan fingerprint density at radius 1 is 1.04 bits per heavy atom. The number of carbonyl (C=O) groups is 3. The summed E-state index contributed by atoms with van der Waals surface area (Å²) in [6.45, 7) is 0.304. The molecule has 0 aromatic heterocycles. The number of ketones is 1. The van der Waals surface area contributed by atoms with Crippen molar-refractivity contribution < 1.29 is 19.3 Å². The molecule has 0 fully saturated rings. The fraction of sp³-hybridized carbons (Fsp3) is 0.250. The van der Waals surface area contributed by atoms with E-state index in [1.54, 1.807) is 63.6 Å². The smallest absolute Gasteiger partial charge is 0.279 e. The Balaban J connectivity index is 2.13. The second-order valence-electron chi connectivity index (χ2n) is 6.53. The zero-order chi connectivity index (χ0) is 20.0. The van der Waals surface area contributed by atoms with E-state index in [0.717, 1.165) is 4.90 Å². The Morgan fingerprint density at radius 2 is 1.70 bits per heavy atom. The molecule has 27 heavy (non-hydrogen) atoms. The number of halogens is 1. The van der Waals surface area contributed by atoms with Crippen LogP contribution in [0.4, 0.5) is 5.69 Å². The maximum Gasteiger partial charge on any atom is 0.279 e. The highest BCUT2D eigenvalue weighted by Gasteiger charge is 2.19. The Kier molecular flexibility index (Phi) is 7.10. The van der Waals surface area contributed by atoms with E-state index in [2.05, 4.69) is 5.32 Å². The number of benzene rings is 2. The third-order valence-electron chi connectivity index (χ3n) is 3.95. The molecule has 1 atom stereocenters. The number of carbonyl (C=O) groups excluding carboxylic acids is 3. The Bertz CT molecular complexity index is 838. The Morgan fingerprint density at radius 3 is 2.33 bits per heavy atom. The molecule has 0 aliphatic heterocycles. The molecule has 142 valence electrons. The first kappa shape index (κ1) is 20.6. The third-order valence-corrected chi connectivity index (χ3v) is 4.19. The molecular weight excluding hydrogens is 366 g/mol. The van der Waals surface area contributed by atoms with Gasteiger partial charge in [-0.2, -0.15) is 0 Å². The number of quaternary nitrogens is 1. The summed E-state index contributed by atoms with van der Waals surface area (Å²) in [4.78, 5) is 39.1. The maximum atomic E-state index is 12.8. The van der Waals surface area contributed by atoms with Crippen molar-refractivity contribution in [2.75, 3.05) is 39.5 Å². The van der Waals surface area contributed by atoms with Crippen LogP contribution in [0.5, 0.6) is 0 Å². The monoisotopic (exact) mass is 388 g/mol. The van der Waals surface area contributed by atoms with Crippen LogP contribution in [0.2, 0.25) is 5.02 Å². The summed E-state index contributed by atoms with van der Waals surface area (Å²) in [7, 11) is 5.11. The number of amides is 2. The summed E-state index contributed by atoms with van der Waals surface area (Å²) in [6.07, 6.45) is 0. The first-order valence-electron chi connectivity index (χ1n) is 8.48. The fourth-order valence-corrected chi connectivity index (χ4v) is 2.68. The van der Waals surface area contributed by atoms with Crippen molar-refractivity contribution in [1.82, 2.24) is 4.90 Å². The van der Waals surface area contributed by atoms with Crippen molar-refractivity contribution in [3.05, 3.63) is 64.7 Å². The summed E-state index contributed by atoms with van der Waals surface area (Å²) < 4.78 is 0. The molecule has 0 aliphatic rings. The van der Waals surface area contributed by atoms with Crippen LogP contribution in [0, 0.1) is 0 Å². The van der Waals surface area contributed by atoms with Crippen molar-refractivity contribution in [1.29, 1.82) is 0 Å². The first-order valence-corrected chi connectivity index (χ1v) is 8.86. The van der Waals surface area contributed by atoms with E-state index in [0.29, 0.717) is 21.8 Å². The van der Waals surface area contributed by atoms with Gasteiger partial charge in [-0.1, -0.05) is 41.9 Å². The molecular formula is C20H23ClN3O3+. The molecule has 2 aromatic carbocycles. The highest BCUT2D eigenvalue weighted by atomic mass is 35.5.